The number of hydrogen-bond donors (Lipinski definition) is 2. The second kappa shape index (κ2) is 9.90. The molecule has 0 unspecified atom stereocenters. The van der Waals surface area contributed by atoms with Gasteiger partial charge in [0.2, 0.25) is 11.8 Å². The molecular formula is C25H35N3O2. The van der Waals surface area contributed by atoms with Gasteiger partial charge in [-0.3, -0.25) is 14.5 Å². The molecule has 30 heavy (non-hydrogen) atoms. The topological polar surface area (TPSA) is 61.4 Å². The molecule has 5 nitrogen and oxygen atoms in total. The molecule has 0 saturated carbocycles. The highest BCUT2D eigenvalue weighted by Crippen LogP contribution is 2.27. The summed E-state index contributed by atoms with van der Waals surface area (Å²) < 4.78 is 0. The van der Waals surface area contributed by atoms with Gasteiger partial charge in [0.15, 0.2) is 0 Å². The zero-order valence-corrected chi connectivity index (χ0v) is 19.5. The summed E-state index contributed by atoms with van der Waals surface area (Å²) in [6.07, 6.45) is 0. The minimum Gasteiger partial charge on any atom is -0.324 e. The van der Waals surface area contributed by atoms with E-state index < -0.39 is 6.04 Å². The van der Waals surface area contributed by atoms with E-state index in [0.29, 0.717) is 5.92 Å². The Kier molecular flexibility index (Phi) is 7.79. The lowest BCUT2D eigenvalue weighted by molar-refractivity contribution is -0.122. The number of likely N-dealkylation sites (N-methyl/N-ethyl adjacent to an activating group) is 1. The SMILES string of the molecule is Cc1cc(C)c(NC(=O)CN(C)[C@H](C)C(=O)Nc2c(C)cccc2C(C)C)c(C)c1. The number of hydrogen-bond acceptors (Lipinski definition) is 3. The number of para-hydroxylation sites is 1. The van der Waals surface area contributed by atoms with Crippen LogP contribution >= 0.6 is 0 Å². The highest BCUT2D eigenvalue weighted by atomic mass is 16.2. The Bertz CT molecular complexity index is 911. The fourth-order valence-electron chi connectivity index (χ4n) is 3.69. The van der Waals surface area contributed by atoms with Crippen molar-refractivity contribution in [2.45, 2.75) is 60.4 Å². The molecule has 0 aromatic heterocycles. The normalized spacial score (nSPS) is 12.2. The molecule has 0 aliphatic rings. The van der Waals surface area contributed by atoms with Crippen LogP contribution in [-0.2, 0) is 9.59 Å². The van der Waals surface area contributed by atoms with Crippen LogP contribution < -0.4 is 10.6 Å². The Hall–Kier alpha value is -2.66. The molecule has 0 aliphatic carbocycles. The van der Waals surface area contributed by atoms with E-state index in [1.165, 1.54) is 5.56 Å². The summed E-state index contributed by atoms with van der Waals surface area (Å²) in [6, 6.07) is 9.70. The standard InChI is InChI=1S/C25H35N3O2/c1-15(2)21-11-9-10-17(4)24(21)27-25(30)20(7)28(8)14-22(29)26-23-18(5)12-16(3)13-19(23)6/h9-13,15,20H,14H2,1-8H3,(H,26,29)(H,27,30)/t20-/m1/s1. The van der Waals surface area contributed by atoms with Gasteiger partial charge in [0.25, 0.3) is 0 Å². The minimum atomic E-state index is -0.449. The van der Waals surface area contributed by atoms with E-state index in [1.807, 2.05) is 52.8 Å². The summed E-state index contributed by atoms with van der Waals surface area (Å²) in [4.78, 5) is 27.3. The third-order valence-electron chi connectivity index (χ3n) is 5.55. The van der Waals surface area contributed by atoms with Crippen LogP contribution in [0.15, 0.2) is 30.3 Å². The molecule has 0 spiro atoms. The molecule has 2 amide bonds. The van der Waals surface area contributed by atoms with Gasteiger partial charge in [-0.15, -0.1) is 0 Å². The van der Waals surface area contributed by atoms with Crippen LogP contribution in [0.4, 0.5) is 11.4 Å². The number of nitrogens with zero attached hydrogens (tertiary/aromatic N) is 1. The van der Waals surface area contributed by atoms with Gasteiger partial charge in [-0.05, 0) is 69.8 Å². The molecule has 5 heteroatoms. The molecule has 1 atom stereocenters. The maximum Gasteiger partial charge on any atom is 0.241 e. The maximum absolute atomic E-state index is 12.9. The quantitative estimate of drug-likeness (QED) is 0.681. The summed E-state index contributed by atoms with van der Waals surface area (Å²) in [5, 5.41) is 6.08. The summed E-state index contributed by atoms with van der Waals surface area (Å²) in [5.74, 6) is 0.0511. The van der Waals surface area contributed by atoms with E-state index in [-0.39, 0.29) is 18.4 Å². The van der Waals surface area contributed by atoms with Gasteiger partial charge in [0.1, 0.15) is 0 Å². The van der Waals surface area contributed by atoms with Gasteiger partial charge in [0.05, 0.1) is 12.6 Å². The summed E-state index contributed by atoms with van der Waals surface area (Å²) in [5.41, 5.74) is 7.10. The first-order valence-corrected chi connectivity index (χ1v) is 10.5. The molecule has 2 rings (SSSR count). The zero-order valence-electron chi connectivity index (χ0n) is 19.5. The number of benzene rings is 2. The Labute approximate surface area is 180 Å². The third kappa shape index (κ3) is 5.70. The van der Waals surface area contributed by atoms with Crippen molar-refractivity contribution < 1.29 is 9.59 Å². The highest BCUT2D eigenvalue weighted by molar-refractivity contribution is 5.97. The van der Waals surface area contributed by atoms with Crippen molar-refractivity contribution in [3.63, 3.8) is 0 Å². The number of amides is 2. The molecule has 2 aromatic carbocycles. The molecule has 0 radical (unpaired) electrons. The van der Waals surface area contributed by atoms with Crippen molar-refractivity contribution in [3.05, 3.63) is 58.1 Å². The molecule has 0 bridgehead atoms. The second-order valence-corrected chi connectivity index (χ2v) is 8.60. The Balaban J connectivity index is 2.05. The van der Waals surface area contributed by atoms with Crippen LogP contribution in [0.5, 0.6) is 0 Å². The van der Waals surface area contributed by atoms with Crippen molar-refractivity contribution in [2.75, 3.05) is 24.2 Å². The lowest BCUT2D eigenvalue weighted by atomic mass is 9.98. The predicted octanol–water partition coefficient (Wildman–Crippen LogP) is 4.94. The molecule has 162 valence electrons. The zero-order chi connectivity index (χ0) is 22.6. The summed E-state index contributed by atoms with van der Waals surface area (Å²) >= 11 is 0. The van der Waals surface area contributed by atoms with Crippen molar-refractivity contribution >= 4 is 23.2 Å². The van der Waals surface area contributed by atoms with Gasteiger partial charge in [-0.1, -0.05) is 49.7 Å². The average Bonchev–Trinajstić information content (AvgIpc) is 2.65. The van der Waals surface area contributed by atoms with Crippen molar-refractivity contribution in [1.29, 1.82) is 0 Å². The lowest BCUT2D eigenvalue weighted by Crippen LogP contribution is -2.43. The van der Waals surface area contributed by atoms with E-state index in [9.17, 15) is 9.59 Å². The third-order valence-corrected chi connectivity index (χ3v) is 5.55. The predicted molar refractivity (Wildman–Crippen MR) is 125 cm³/mol. The number of rotatable bonds is 7. The lowest BCUT2D eigenvalue weighted by Gasteiger charge is -2.25. The van der Waals surface area contributed by atoms with E-state index in [2.05, 4.69) is 36.6 Å². The van der Waals surface area contributed by atoms with E-state index >= 15 is 0 Å². The van der Waals surface area contributed by atoms with Crippen LogP contribution in [0, 0.1) is 27.7 Å². The number of carbonyl (C=O) groups excluding carboxylic acids is 2. The van der Waals surface area contributed by atoms with Crippen molar-refractivity contribution in [2.24, 2.45) is 0 Å². The van der Waals surface area contributed by atoms with Gasteiger partial charge in [0, 0.05) is 11.4 Å². The fourth-order valence-corrected chi connectivity index (χ4v) is 3.69. The minimum absolute atomic E-state index is 0.121. The molecule has 0 saturated heterocycles. The van der Waals surface area contributed by atoms with Crippen LogP contribution in [0.1, 0.15) is 54.5 Å². The first kappa shape index (κ1) is 23.6. The number of carbonyl (C=O) groups is 2. The first-order valence-electron chi connectivity index (χ1n) is 10.5. The second-order valence-electron chi connectivity index (χ2n) is 8.60. The monoisotopic (exact) mass is 409 g/mol. The highest BCUT2D eigenvalue weighted by Gasteiger charge is 2.22. The van der Waals surface area contributed by atoms with Crippen LogP contribution in [0.25, 0.3) is 0 Å². The molecule has 2 N–H and O–H groups in total. The van der Waals surface area contributed by atoms with Crippen LogP contribution in [-0.4, -0.2) is 36.3 Å². The average molecular weight is 410 g/mol. The Morgan fingerprint density at radius 1 is 0.900 bits per heavy atom. The van der Waals surface area contributed by atoms with Gasteiger partial charge >= 0.3 is 0 Å². The van der Waals surface area contributed by atoms with Crippen LogP contribution in [0.2, 0.25) is 0 Å². The maximum atomic E-state index is 12.9. The number of nitrogens with one attached hydrogen (secondary N) is 2. The molecule has 0 heterocycles. The Morgan fingerprint density at radius 2 is 1.50 bits per heavy atom. The molecular weight excluding hydrogens is 374 g/mol. The van der Waals surface area contributed by atoms with Crippen LogP contribution in [0.3, 0.4) is 0 Å². The van der Waals surface area contributed by atoms with E-state index in [0.717, 1.165) is 33.6 Å². The number of anilines is 2. The number of aryl methyl sites for hydroxylation is 4. The first-order chi connectivity index (χ1) is 14.0. The summed E-state index contributed by atoms with van der Waals surface area (Å²) in [7, 11) is 1.79. The van der Waals surface area contributed by atoms with Gasteiger partial charge in [-0.25, -0.2) is 0 Å². The van der Waals surface area contributed by atoms with Crippen molar-refractivity contribution in [1.82, 2.24) is 4.90 Å². The van der Waals surface area contributed by atoms with Crippen molar-refractivity contribution in [3.8, 4) is 0 Å². The fraction of sp³-hybridized carbons (Fsp3) is 0.440. The molecule has 0 fully saturated rings. The molecule has 2 aromatic rings. The van der Waals surface area contributed by atoms with E-state index in [4.69, 9.17) is 0 Å². The van der Waals surface area contributed by atoms with Gasteiger partial charge < -0.3 is 10.6 Å². The largest absolute Gasteiger partial charge is 0.324 e. The van der Waals surface area contributed by atoms with E-state index in [1.54, 1.807) is 11.9 Å². The summed E-state index contributed by atoms with van der Waals surface area (Å²) in [6.45, 7) is 14.2. The molecule has 0 aliphatic heterocycles. The van der Waals surface area contributed by atoms with Gasteiger partial charge in [-0.2, -0.15) is 0 Å². The Morgan fingerprint density at radius 3 is 2.07 bits per heavy atom. The smallest absolute Gasteiger partial charge is 0.241 e.